The fourth-order valence-corrected chi connectivity index (χ4v) is 2.67. The first kappa shape index (κ1) is 20.4. The fraction of sp³-hybridized carbons (Fsp3) is 0.400. The standard InChI is InChI=1S/C20H28N4O3/c1-6-21-20(23-13-15-8-7-11-22-19(15)27-5)24(2)14-16-9-10-17(25-3)12-18(16)26-4/h7-12H,6,13-14H2,1-5H3,(H,21,23). The van der Waals surface area contributed by atoms with Gasteiger partial charge in [0.1, 0.15) is 11.5 Å². The Kier molecular flexibility index (Phi) is 7.73. The van der Waals surface area contributed by atoms with E-state index >= 15 is 0 Å². The highest BCUT2D eigenvalue weighted by molar-refractivity contribution is 5.79. The van der Waals surface area contributed by atoms with Crippen molar-refractivity contribution in [3.05, 3.63) is 47.7 Å². The third-order valence-corrected chi connectivity index (χ3v) is 4.04. The minimum absolute atomic E-state index is 0.476. The van der Waals surface area contributed by atoms with E-state index in [1.807, 2.05) is 44.3 Å². The van der Waals surface area contributed by atoms with Gasteiger partial charge in [-0.2, -0.15) is 0 Å². The second kappa shape index (κ2) is 10.3. The van der Waals surface area contributed by atoms with E-state index < -0.39 is 0 Å². The van der Waals surface area contributed by atoms with E-state index in [1.54, 1.807) is 27.5 Å². The molecular weight excluding hydrogens is 344 g/mol. The summed E-state index contributed by atoms with van der Waals surface area (Å²) in [7, 11) is 6.91. The van der Waals surface area contributed by atoms with Gasteiger partial charge in [0.25, 0.3) is 0 Å². The molecular formula is C20H28N4O3. The Morgan fingerprint density at radius 1 is 1.11 bits per heavy atom. The summed E-state index contributed by atoms with van der Waals surface area (Å²) >= 11 is 0. The number of aliphatic imine (C=N–C) groups is 1. The normalized spacial score (nSPS) is 11.1. The Morgan fingerprint density at radius 3 is 2.59 bits per heavy atom. The second-order valence-corrected chi connectivity index (χ2v) is 5.88. The molecule has 1 aromatic heterocycles. The number of benzene rings is 1. The van der Waals surface area contributed by atoms with Crippen LogP contribution >= 0.6 is 0 Å². The van der Waals surface area contributed by atoms with Crippen LogP contribution in [0.25, 0.3) is 0 Å². The number of ether oxygens (including phenoxy) is 3. The average Bonchev–Trinajstić information content (AvgIpc) is 2.71. The summed E-state index contributed by atoms with van der Waals surface area (Å²) in [5.74, 6) is 2.94. The Bertz CT molecular complexity index is 765. The minimum atomic E-state index is 0.476. The zero-order valence-corrected chi connectivity index (χ0v) is 16.7. The number of methoxy groups -OCH3 is 3. The Morgan fingerprint density at radius 2 is 1.93 bits per heavy atom. The van der Waals surface area contributed by atoms with Crippen molar-refractivity contribution < 1.29 is 14.2 Å². The molecule has 7 heteroatoms. The van der Waals surface area contributed by atoms with E-state index in [2.05, 4.69) is 15.2 Å². The maximum atomic E-state index is 5.50. The summed E-state index contributed by atoms with van der Waals surface area (Å²) in [5.41, 5.74) is 1.98. The fourth-order valence-electron chi connectivity index (χ4n) is 2.67. The van der Waals surface area contributed by atoms with Crippen LogP contribution in [0.5, 0.6) is 17.4 Å². The highest BCUT2D eigenvalue weighted by atomic mass is 16.5. The molecule has 0 unspecified atom stereocenters. The van der Waals surface area contributed by atoms with Crippen molar-refractivity contribution in [1.82, 2.24) is 15.2 Å². The summed E-state index contributed by atoms with van der Waals surface area (Å²) < 4.78 is 16.1. The van der Waals surface area contributed by atoms with E-state index in [-0.39, 0.29) is 0 Å². The molecule has 0 spiro atoms. The van der Waals surface area contributed by atoms with Crippen molar-refractivity contribution in [2.45, 2.75) is 20.0 Å². The van der Waals surface area contributed by atoms with Crippen molar-refractivity contribution in [3.8, 4) is 17.4 Å². The molecule has 0 saturated carbocycles. The van der Waals surface area contributed by atoms with Gasteiger partial charge in [-0.3, -0.25) is 0 Å². The van der Waals surface area contributed by atoms with Gasteiger partial charge in [-0.25, -0.2) is 9.98 Å². The molecule has 0 atom stereocenters. The number of hydrogen-bond acceptors (Lipinski definition) is 5. The van der Waals surface area contributed by atoms with Crippen molar-refractivity contribution in [3.63, 3.8) is 0 Å². The minimum Gasteiger partial charge on any atom is -0.497 e. The van der Waals surface area contributed by atoms with Crippen LogP contribution in [0.2, 0.25) is 0 Å². The lowest BCUT2D eigenvalue weighted by atomic mass is 10.2. The Balaban J connectivity index is 2.18. The number of guanidine groups is 1. The molecule has 0 amide bonds. The smallest absolute Gasteiger partial charge is 0.218 e. The number of pyridine rings is 1. The molecule has 0 aliphatic heterocycles. The van der Waals surface area contributed by atoms with Gasteiger partial charge in [0.05, 0.1) is 27.9 Å². The zero-order valence-electron chi connectivity index (χ0n) is 16.7. The Hall–Kier alpha value is -2.96. The molecule has 0 bridgehead atoms. The lowest BCUT2D eigenvalue weighted by molar-refractivity contribution is 0.382. The first-order valence-corrected chi connectivity index (χ1v) is 8.81. The van der Waals surface area contributed by atoms with Crippen LogP contribution in [-0.4, -0.2) is 50.8 Å². The molecule has 0 saturated heterocycles. The third kappa shape index (κ3) is 5.51. The SMILES string of the molecule is CCNC(=NCc1cccnc1OC)N(C)Cc1ccc(OC)cc1OC. The summed E-state index contributed by atoms with van der Waals surface area (Å²) in [6.07, 6.45) is 1.71. The first-order chi connectivity index (χ1) is 13.1. The van der Waals surface area contributed by atoms with Crippen molar-refractivity contribution in [2.75, 3.05) is 34.9 Å². The molecule has 0 aliphatic rings. The van der Waals surface area contributed by atoms with Crippen LogP contribution in [0.15, 0.2) is 41.5 Å². The van der Waals surface area contributed by atoms with Gasteiger partial charge in [0.15, 0.2) is 5.96 Å². The molecule has 0 aliphatic carbocycles. The average molecular weight is 372 g/mol. The van der Waals surface area contributed by atoms with Crippen LogP contribution in [0.3, 0.4) is 0 Å². The quantitative estimate of drug-likeness (QED) is 0.568. The van der Waals surface area contributed by atoms with E-state index in [1.165, 1.54) is 0 Å². The second-order valence-electron chi connectivity index (χ2n) is 5.88. The number of nitrogens with one attached hydrogen (secondary N) is 1. The van der Waals surface area contributed by atoms with E-state index in [0.29, 0.717) is 19.0 Å². The molecule has 1 aromatic carbocycles. The topological polar surface area (TPSA) is 68.2 Å². The van der Waals surface area contributed by atoms with Crippen LogP contribution in [0.4, 0.5) is 0 Å². The van der Waals surface area contributed by atoms with Gasteiger partial charge >= 0.3 is 0 Å². The maximum Gasteiger partial charge on any atom is 0.218 e. The van der Waals surface area contributed by atoms with Crippen molar-refractivity contribution in [2.24, 2.45) is 4.99 Å². The summed E-state index contributed by atoms with van der Waals surface area (Å²) in [6.45, 7) is 3.93. The van der Waals surface area contributed by atoms with Crippen molar-refractivity contribution in [1.29, 1.82) is 0 Å². The summed E-state index contributed by atoms with van der Waals surface area (Å²) in [4.78, 5) is 11.0. The molecule has 7 nitrogen and oxygen atoms in total. The van der Waals surface area contributed by atoms with Gasteiger partial charge < -0.3 is 24.4 Å². The first-order valence-electron chi connectivity index (χ1n) is 8.81. The van der Waals surface area contributed by atoms with Gasteiger partial charge in [0.2, 0.25) is 5.88 Å². The van der Waals surface area contributed by atoms with Gasteiger partial charge in [0, 0.05) is 43.5 Å². The van der Waals surface area contributed by atoms with Gasteiger partial charge in [-0.1, -0.05) is 6.07 Å². The predicted octanol–water partition coefficient (Wildman–Crippen LogP) is 2.70. The van der Waals surface area contributed by atoms with Crippen LogP contribution in [0.1, 0.15) is 18.1 Å². The number of nitrogens with zero attached hydrogens (tertiary/aromatic N) is 3. The largest absolute Gasteiger partial charge is 0.497 e. The molecule has 146 valence electrons. The lowest BCUT2D eigenvalue weighted by Gasteiger charge is -2.23. The molecule has 1 heterocycles. The summed E-state index contributed by atoms with van der Waals surface area (Å²) in [5, 5.41) is 3.32. The predicted molar refractivity (Wildman–Crippen MR) is 107 cm³/mol. The maximum absolute atomic E-state index is 5.50. The number of rotatable bonds is 8. The molecule has 0 radical (unpaired) electrons. The van der Waals surface area contributed by atoms with E-state index in [9.17, 15) is 0 Å². The van der Waals surface area contributed by atoms with E-state index in [0.717, 1.165) is 35.1 Å². The monoisotopic (exact) mass is 372 g/mol. The number of aromatic nitrogens is 1. The number of hydrogen-bond donors (Lipinski definition) is 1. The Labute approximate surface area is 161 Å². The van der Waals surface area contributed by atoms with Crippen molar-refractivity contribution >= 4 is 5.96 Å². The van der Waals surface area contributed by atoms with Crippen LogP contribution in [-0.2, 0) is 13.1 Å². The summed E-state index contributed by atoms with van der Waals surface area (Å²) in [6, 6.07) is 9.66. The lowest BCUT2D eigenvalue weighted by Crippen LogP contribution is -2.38. The highest BCUT2D eigenvalue weighted by Crippen LogP contribution is 2.25. The molecule has 2 aromatic rings. The van der Waals surface area contributed by atoms with Gasteiger partial charge in [-0.05, 0) is 25.1 Å². The molecule has 27 heavy (non-hydrogen) atoms. The highest BCUT2D eigenvalue weighted by Gasteiger charge is 2.12. The zero-order chi connectivity index (χ0) is 19.6. The van der Waals surface area contributed by atoms with Crippen LogP contribution in [0, 0.1) is 0 Å². The third-order valence-electron chi connectivity index (χ3n) is 4.04. The van der Waals surface area contributed by atoms with Crippen LogP contribution < -0.4 is 19.5 Å². The molecule has 0 fully saturated rings. The van der Waals surface area contributed by atoms with Gasteiger partial charge in [-0.15, -0.1) is 0 Å². The molecule has 2 rings (SSSR count). The molecule has 1 N–H and O–H groups in total. The van der Waals surface area contributed by atoms with E-state index in [4.69, 9.17) is 19.2 Å².